The highest BCUT2D eigenvalue weighted by atomic mass is 35.5. The molecule has 1 amide bonds. The first-order valence-corrected chi connectivity index (χ1v) is 10.8. The van der Waals surface area contributed by atoms with E-state index in [4.69, 9.17) is 11.6 Å². The Labute approximate surface area is 185 Å². The lowest BCUT2D eigenvalue weighted by Gasteiger charge is -2.12. The molecule has 1 aliphatic rings. The highest BCUT2D eigenvalue weighted by Gasteiger charge is 2.24. The minimum absolute atomic E-state index is 0.135. The molecule has 6 heteroatoms. The van der Waals surface area contributed by atoms with Gasteiger partial charge in [0.25, 0.3) is 5.91 Å². The maximum atomic E-state index is 12.5. The first-order valence-electron chi connectivity index (χ1n) is 9.63. The topological polar surface area (TPSA) is 46.4 Å². The highest BCUT2D eigenvalue weighted by molar-refractivity contribution is 8.18. The van der Waals surface area contributed by atoms with Gasteiger partial charge in [-0.05, 0) is 105 Å². The van der Waals surface area contributed by atoms with Crippen LogP contribution in [0.5, 0.6) is 0 Å². The fourth-order valence-corrected chi connectivity index (χ4v) is 4.62. The van der Waals surface area contributed by atoms with Gasteiger partial charge in [-0.25, -0.2) is 4.99 Å². The molecule has 0 unspecified atom stereocenters. The van der Waals surface area contributed by atoms with Crippen LogP contribution in [0, 0.1) is 27.7 Å². The summed E-state index contributed by atoms with van der Waals surface area (Å²) in [5.74, 6) is -0.135. The SMILES string of the molecule is Cc1cc(C)cc(-n2c(C)cc(/C=C3\SC(=Nc4ccc(Cl)cc4)NC3=O)c2C)c1. The number of carbonyl (C=O) groups excluding carboxylic acids is 1. The first-order chi connectivity index (χ1) is 14.3. The van der Waals surface area contributed by atoms with E-state index in [2.05, 4.69) is 66.8 Å². The number of carbonyl (C=O) groups is 1. The van der Waals surface area contributed by atoms with Gasteiger partial charge in [-0.2, -0.15) is 0 Å². The summed E-state index contributed by atoms with van der Waals surface area (Å²) in [7, 11) is 0. The smallest absolute Gasteiger partial charge is 0.264 e. The van der Waals surface area contributed by atoms with Crippen LogP contribution in [-0.4, -0.2) is 15.6 Å². The van der Waals surface area contributed by atoms with Crippen LogP contribution >= 0.6 is 23.4 Å². The lowest BCUT2D eigenvalue weighted by molar-refractivity contribution is -0.115. The summed E-state index contributed by atoms with van der Waals surface area (Å²) in [6.45, 7) is 8.38. The number of benzene rings is 2. The van der Waals surface area contributed by atoms with Gasteiger partial charge in [0.2, 0.25) is 0 Å². The average Bonchev–Trinajstić information content (AvgIpc) is 3.15. The molecule has 3 aromatic rings. The maximum Gasteiger partial charge on any atom is 0.264 e. The third kappa shape index (κ3) is 4.23. The molecule has 30 heavy (non-hydrogen) atoms. The number of amidine groups is 1. The maximum absolute atomic E-state index is 12.5. The minimum atomic E-state index is -0.135. The van der Waals surface area contributed by atoms with E-state index >= 15 is 0 Å². The molecule has 0 atom stereocenters. The van der Waals surface area contributed by atoms with Crippen LogP contribution in [0.2, 0.25) is 5.02 Å². The molecule has 1 aromatic heterocycles. The summed E-state index contributed by atoms with van der Waals surface area (Å²) in [5, 5.41) is 4.06. The van der Waals surface area contributed by atoms with E-state index in [9.17, 15) is 4.79 Å². The van der Waals surface area contributed by atoms with E-state index in [1.807, 2.05) is 18.2 Å². The van der Waals surface area contributed by atoms with E-state index in [1.54, 1.807) is 12.1 Å². The molecule has 0 bridgehead atoms. The second kappa shape index (κ2) is 8.17. The molecule has 0 saturated carbocycles. The van der Waals surface area contributed by atoms with Gasteiger partial charge in [-0.15, -0.1) is 0 Å². The molecular weight excluding hydrogens is 414 g/mol. The number of amides is 1. The molecule has 1 fully saturated rings. The Balaban J connectivity index is 1.65. The molecule has 1 aliphatic heterocycles. The zero-order valence-electron chi connectivity index (χ0n) is 17.3. The van der Waals surface area contributed by atoms with Crippen LogP contribution in [0.15, 0.2) is 58.4 Å². The lowest BCUT2D eigenvalue weighted by Crippen LogP contribution is -2.19. The third-order valence-corrected chi connectivity index (χ3v) is 6.09. The summed E-state index contributed by atoms with van der Waals surface area (Å²) in [4.78, 5) is 17.6. The first kappa shape index (κ1) is 20.5. The molecular formula is C24H22ClN3OS. The van der Waals surface area contributed by atoms with Crippen molar-refractivity contribution >= 4 is 46.2 Å². The lowest BCUT2D eigenvalue weighted by atomic mass is 10.1. The van der Waals surface area contributed by atoms with Crippen molar-refractivity contribution in [3.05, 3.63) is 86.5 Å². The standard InChI is InChI=1S/C24H22ClN3OS/c1-14-9-15(2)11-21(10-14)28-16(3)12-18(17(28)4)13-22-23(29)27-24(30-22)26-20-7-5-19(25)6-8-20/h5-13H,1-4H3,(H,26,27,29)/b22-13-. The summed E-state index contributed by atoms with van der Waals surface area (Å²) in [6, 6.07) is 15.8. The van der Waals surface area contributed by atoms with Crippen molar-refractivity contribution in [1.82, 2.24) is 9.88 Å². The normalized spacial score (nSPS) is 16.5. The van der Waals surface area contributed by atoms with Crippen LogP contribution in [-0.2, 0) is 4.79 Å². The Bertz CT molecular complexity index is 1190. The van der Waals surface area contributed by atoms with Crippen molar-refractivity contribution in [2.75, 3.05) is 0 Å². The van der Waals surface area contributed by atoms with Gasteiger partial charge in [0.15, 0.2) is 5.17 Å². The zero-order chi connectivity index (χ0) is 21.4. The largest absolute Gasteiger partial charge is 0.318 e. The van der Waals surface area contributed by atoms with Gasteiger partial charge in [0.1, 0.15) is 0 Å². The number of hydrogen-bond donors (Lipinski definition) is 1. The molecule has 2 aromatic carbocycles. The molecule has 1 saturated heterocycles. The van der Waals surface area contributed by atoms with Crippen molar-refractivity contribution in [1.29, 1.82) is 0 Å². The second-order valence-corrected chi connectivity index (χ2v) is 8.93. The van der Waals surface area contributed by atoms with E-state index < -0.39 is 0 Å². The van der Waals surface area contributed by atoms with Crippen LogP contribution < -0.4 is 5.32 Å². The predicted molar refractivity (Wildman–Crippen MR) is 127 cm³/mol. The van der Waals surface area contributed by atoms with E-state index in [-0.39, 0.29) is 5.91 Å². The Morgan fingerprint density at radius 3 is 2.33 bits per heavy atom. The summed E-state index contributed by atoms with van der Waals surface area (Å²) >= 11 is 7.27. The Morgan fingerprint density at radius 1 is 1.00 bits per heavy atom. The van der Waals surface area contributed by atoms with Crippen LogP contribution in [0.1, 0.15) is 28.1 Å². The number of rotatable bonds is 3. The zero-order valence-corrected chi connectivity index (χ0v) is 18.9. The predicted octanol–water partition coefficient (Wildman–Crippen LogP) is 6.26. The number of aryl methyl sites for hydroxylation is 3. The third-order valence-electron chi connectivity index (χ3n) is 4.93. The van der Waals surface area contributed by atoms with Crippen LogP contribution in [0.25, 0.3) is 11.8 Å². The average molecular weight is 436 g/mol. The molecule has 4 rings (SSSR count). The number of thioether (sulfide) groups is 1. The summed E-state index contributed by atoms with van der Waals surface area (Å²) in [6.07, 6.45) is 1.94. The van der Waals surface area contributed by atoms with Crippen molar-refractivity contribution in [2.45, 2.75) is 27.7 Å². The summed E-state index contributed by atoms with van der Waals surface area (Å²) < 4.78 is 2.23. The Hall–Kier alpha value is -2.76. The molecule has 2 heterocycles. The van der Waals surface area contributed by atoms with Gasteiger partial charge in [0.05, 0.1) is 10.6 Å². The van der Waals surface area contributed by atoms with Crippen molar-refractivity contribution in [3.63, 3.8) is 0 Å². The minimum Gasteiger partial charge on any atom is -0.318 e. The Morgan fingerprint density at radius 2 is 1.67 bits per heavy atom. The Kier molecular flexibility index (Phi) is 5.58. The summed E-state index contributed by atoms with van der Waals surface area (Å²) in [5.41, 5.74) is 7.59. The van der Waals surface area contributed by atoms with Crippen LogP contribution in [0.3, 0.4) is 0 Å². The van der Waals surface area contributed by atoms with Gasteiger partial charge in [-0.3, -0.25) is 4.79 Å². The molecule has 1 N–H and O–H groups in total. The monoisotopic (exact) mass is 435 g/mol. The van der Waals surface area contributed by atoms with Crippen LogP contribution in [0.4, 0.5) is 5.69 Å². The quantitative estimate of drug-likeness (QED) is 0.494. The molecule has 0 spiro atoms. The number of aromatic nitrogens is 1. The molecule has 0 radical (unpaired) electrons. The fourth-order valence-electron chi connectivity index (χ4n) is 3.67. The van der Waals surface area contributed by atoms with Gasteiger partial charge in [-0.1, -0.05) is 17.7 Å². The highest BCUT2D eigenvalue weighted by Crippen LogP contribution is 2.31. The number of nitrogens with zero attached hydrogens (tertiary/aromatic N) is 2. The molecule has 0 aliphatic carbocycles. The van der Waals surface area contributed by atoms with Gasteiger partial charge in [0, 0.05) is 22.1 Å². The van der Waals surface area contributed by atoms with E-state index in [1.165, 1.54) is 22.9 Å². The van der Waals surface area contributed by atoms with Crippen molar-refractivity contribution in [2.24, 2.45) is 4.99 Å². The van der Waals surface area contributed by atoms with Gasteiger partial charge < -0.3 is 9.88 Å². The second-order valence-electron chi connectivity index (χ2n) is 7.47. The number of hydrogen-bond acceptors (Lipinski definition) is 3. The molecule has 4 nitrogen and oxygen atoms in total. The van der Waals surface area contributed by atoms with E-state index in [0.29, 0.717) is 15.1 Å². The number of aliphatic imine (C=N–C) groups is 1. The number of nitrogens with one attached hydrogen (secondary N) is 1. The van der Waals surface area contributed by atoms with Crippen molar-refractivity contribution < 1.29 is 4.79 Å². The van der Waals surface area contributed by atoms with Gasteiger partial charge >= 0.3 is 0 Å². The number of halogens is 1. The molecule has 152 valence electrons. The van der Waals surface area contributed by atoms with E-state index in [0.717, 1.165) is 28.3 Å². The van der Waals surface area contributed by atoms with Crippen molar-refractivity contribution in [3.8, 4) is 5.69 Å². The fraction of sp³-hybridized carbons (Fsp3) is 0.167.